The van der Waals surface area contributed by atoms with Crippen LogP contribution in [0.4, 0.5) is 0 Å². The van der Waals surface area contributed by atoms with Gasteiger partial charge in [0.1, 0.15) is 0 Å². The van der Waals surface area contributed by atoms with Gasteiger partial charge in [-0.15, -0.1) is 12.4 Å². The van der Waals surface area contributed by atoms with E-state index in [-0.39, 0.29) is 24.2 Å². The lowest BCUT2D eigenvalue weighted by molar-refractivity contribution is 0.471. The van der Waals surface area contributed by atoms with Crippen molar-refractivity contribution in [1.82, 2.24) is 4.31 Å². The van der Waals surface area contributed by atoms with Crippen molar-refractivity contribution in [3.63, 3.8) is 0 Å². The lowest BCUT2D eigenvalue weighted by atomic mass is 10.2. The number of rotatable bonds is 3. The van der Waals surface area contributed by atoms with E-state index < -0.39 is 10.0 Å². The van der Waals surface area contributed by atoms with Crippen molar-refractivity contribution in [3.05, 3.63) is 33.8 Å². The maximum absolute atomic E-state index is 12.2. The predicted molar refractivity (Wildman–Crippen MR) is 80.5 cm³/mol. The molecule has 8 heteroatoms. The van der Waals surface area contributed by atoms with Gasteiger partial charge in [0.05, 0.1) is 5.75 Å². The summed E-state index contributed by atoms with van der Waals surface area (Å²) in [7, 11) is -3.34. The van der Waals surface area contributed by atoms with Gasteiger partial charge in [-0.2, -0.15) is 0 Å². The first-order chi connectivity index (χ1) is 8.37. The maximum atomic E-state index is 12.2. The van der Waals surface area contributed by atoms with Crippen molar-refractivity contribution in [2.24, 2.45) is 5.73 Å². The predicted octanol–water partition coefficient (Wildman–Crippen LogP) is 2.28. The average Bonchev–Trinajstić information content (AvgIpc) is 2.62. The zero-order valence-corrected chi connectivity index (χ0v) is 13.2. The fourth-order valence-electron chi connectivity index (χ4n) is 2.00. The summed E-state index contributed by atoms with van der Waals surface area (Å²) in [6, 6.07) is 4.73. The standard InChI is InChI=1S/C11H14Cl2N2O2S.ClH/c12-9-3-8(4-10(13)5-9)7-18(16,17)15-2-1-11(14)6-15;/h3-5,11H,1-2,6-7,14H2;1H/t11-;/m0./s1. The van der Waals surface area contributed by atoms with E-state index >= 15 is 0 Å². The molecule has 1 aliphatic rings. The van der Waals surface area contributed by atoms with E-state index in [2.05, 4.69) is 0 Å². The summed E-state index contributed by atoms with van der Waals surface area (Å²) in [4.78, 5) is 0. The molecule has 0 spiro atoms. The quantitative estimate of drug-likeness (QED) is 0.914. The molecule has 1 saturated heterocycles. The molecule has 108 valence electrons. The van der Waals surface area contributed by atoms with Crippen LogP contribution < -0.4 is 5.73 Å². The van der Waals surface area contributed by atoms with Gasteiger partial charge >= 0.3 is 0 Å². The molecule has 2 rings (SSSR count). The Hall–Kier alpha value is -0.0400. The molecule has 4 nitrogen and oxygen atoms in total. The highest BCUT2D eigenvalue weighted by molar-refractivity contribution is 7.88. The number of nitrogens with two attached hydrogens (primary N) is 1. The van der Waals surface area contributed by atoms with E-state index in [9.17, 15) is 8.42 Å². The van der Waals surface area contributed by atoms with E-state index in [0.717, 1.165) is 0 Å². The molecule has 0 saturated carbocycles. The molecule has 0 bridgehead atoms. The average molecular weight is 346 g/mol. The third kappa shape index (κ3) is 4.48. The normalized spacial score (nSPS) is 20.3. The topological polar surface area (TPSA) is 63.4 Å². The Morgan fingerprint density at radius 1 is 1.26 bits per heavy atom. The molecular weight excluding hydrogens is 331 g/mol. The second-order valence-electron chi connectivity index (χ2n) is 4.44. The molecule has 1 fully saturated rings. The van der Waals surface area contributed by atoms with Gasteiger partial charge < -0.3 is 5.73 Å². The summed E-state index contributed by atoms with van der Waals surface area (Å²) in [5.41, 5.74) is 6.31. The second kappa shape index (κ2) is 6.61. The third-order valence-electron chi connectivity index (χ3n) is 2.85. The van der Waals surface area contributed by atoms with Crippen molar-refractivity contribution in [3.8, 4) is 0 Å². The number of benzene rings is 1. The summed E-state index contributed by atoms with van der Waals surface area (Å²) in [5, 5.41) is 0.872. The largest absolute Gasteiger partial charge is 0.326 e. The van der Waals surface area contributed by atoms with Crippen molar-refractivity contribution in [2.75, 3.05) is 13.1 Å². The van der Waals surface area contributed by atoms with Gasteiger partial charge in [0, 0.05) is 29.2 Å². The van der Waals surface area contributed by atoms with Crippen molar-refractivity contribution >= 4 is 45.6 Å². The smallest absolute Gasteiger partial charge is 0.218 e. The summed E-state index contributed by atoms with van der Waals surface area (Å²) >= 11 is 11.7. The number of halogens is 3. The number of hydrogen-bond donors (Lipinski definition) is 1. The minimum Gasteiger partial charge on any atom is -0.326 e. The van der Waals surface area contributed by atoms with Crippen LogP contribution in [0.3, 0.4) is 0 Å². The monoisotopic (exact) mass is 344 g/mol. The van der Waals surface area contributed by atoms with Crippen LogP contribution in [0.1, 0.15) is 12.0 Å². The Morgan fingerprint density at radius 2 is 1.84 bits per heavy atom. The van der Waals surface area contributed by atoms with Crippen LogP contribution in [0.15, 0.2) is 18.2 Å². The van der Waals surface area contributed by atoms with Crippen LogP contribution >= 0.6 is 35.6 Å². The summed E-state index contributed by atoms with van der Waals surface area (Å²) in [6.07, 6.45) is 0.704. The van der Waals surface area contributed by atoms with Gasteiger partial charge in [-0.25, -0.2) is 12.7 Å². The second-order valence-corrected chi connectivity index (χ2v) is 7.28. The van der Waals surface area contributed by atoms with Crippen molar-refractivity contribution in [2.45, 2.75) is 18.2 Å². The van der Waals surface area contributed by atoms with Gasteiger partial charge in [0.2, 0.25) is 10.0 Å². The van der Waals surface area contributed by atoms with Gasteiger partial charge in [-0.1, -0.05) is 23.2 Å². The van der Waals surface area contributed by atoms with E-state index in [1.165, 1.54) is 4.31 Å². The molecule has 0 unspecified atom stereocenters. The minimum absolute atomic E-state index is 0. The Bertz CT molecular complexity index is 531. The molecule has 0 radical (unpaired) electrons. The molecule has 0 aliphatic carbocycles. The van der Waals surface area contributed by atoms with Crippen molar-refractivity contribution in [1.29, 1.82) is 0 Å². The summed E-state index contributed by atoms with van der Waals surface area (Å²) in [6.45, 7) is 0.869. The molecule has 1 heterocycles. The van der Waals surface area contributed by atoms with Crippen LogP contribution in [-0.2, 0) is 15.8 Å². The van der Waals surface area contributed by atoms with Gasteiger partial charge in [0.25, 0.3) is 0 Å². The molecule has 0 aromatic heterocycles. The zero-order chi connectivity index (χ0) is 13.3. The molecule has 1 aromatic rings. The Balaban J connectivity index is 0.00000180. The van der Waals surface area contributed by atoms with Crippen LogP contribution in [0.2, 0.25) is 10.0 Å². The van der Waals surface area contributed by atoms with Crippen molar-refractivity contribution < 1.29 is 8.42 Å². The number of hydrogen-bond acceptors (Lipinski definition) is 3. The molecule has 0 amide bonds. The van der Waals surface area contributed by atoms with E-state index in [1.54, 1.807) is 18.2 Å². The molecule has 1 aromatic carbocycles. The summed E-state index contributed by atoms with van der Waals surface area (Å²) < 4.78 is 25.7. The highest BCUT2D eigenvalue weighted by Crippen LogP contribution is 2.22. The molecular formula is C11H15Cl3N2O2S. The molecule has 1 aliphatic heterocycles. The summed E-state index contributed by atoms with van der Waals surface area (Å²) in [5.74, 6) is -0.0972. The van der Waals surface area contributed by atoms with Gasteiger partial charge in [0.15, 0.2) is 0 Å². The highest BCUT2D eigenvalue weighted by atomic mass is 35.5. The first-order valence-electron chi connectivity index (χ1n) is 5.55. The minimum atomic E-state index is -3.34. The maximum Gasteiger partial charge on any atom is 0.218 e. The highest BCUT2D eigenvalue weighted by Gasteiger charge is 2.29. The molecule has 19 heavy (non-hydrogen) atoms. The number of nitrogens with zero attached hydrogens (tertiary/aromatic N) is 1. The molecule has 1 atom stereocenters. The van der Waals surface area contributed by atoms with E-state index in [1.807, 2.05) is 0 Å². The van der Waals surface area contributed by atoms with E-state index in [4.69, 9.17) is 28.9 Å². The van der Waals surface area contributed by atoms with Crippen LogP contribution in [0, 0.1) is 0 Å². The first kappa shape index (κ1) is 17.0. The SMILES string of the molecule is Cl.N[C@H]1CCN(S(=O)(=O)Cc2cc(Cl)cc(Cl)c2)C1. The Morgan fingerprint density at radius 3 is 2.32 bits per heavy atom. The van der Waals surface area contributed by atoms with Crippen LogP contribution in [-0.4, -0.2) is 31.9 Å². The van der Waals surface area contributed by atoms with E-state index in [0.29, 0.717) is 35.1 Å². The van der Waals surface area contributed by atoms with Crippen LogP contribution in [0.5, 0.6) is 0 Å². The first-order valence-corrected chi connectivity index (χ1v) is 7.92. The van der Waals surface area contributed by atoms with Gasteiger partial charge in [-0.05, 0) is 30.2 Å². The Labute approximate surface area is 129 Å². The lowest BCUT2D eigenvalue weighted by Gasteiger charge is -2.16. The fraction of sp³-hybridized carbons (Fsp3) is 0.455. The Kier molecular flexibility index (Phi) is 5.92. The fourth-order valence-corrected chi connectivity index (χ4v) is 4.15. The van der Waals surface area contributed by atoms with Crippen LogP contribution in [0.25, 0.3) is 0 Å². The third-order valence-corrected chi connectivity index (χ3v) is 5.11. The zero-order valence-electron chi connectivity index (χ0n) is 10.1. The molecule has 2 N–H and O–H groups in total. The van der Waals surface area contributed by atoms with Gasteiger partial charge in [-0.3, -0.25) is 0 Å². The lowest BCUT2D eigenvalue weighted by Crippen LogP contribution is -2.32. The number of sulfonamides is 1.